The van der Waals surface area contributed by atoms with Gasteiger partial charge in [-0.3, -0.25) is 14.9 Å². The Morgan fingerprint density at radius 2 is 1.84 bits per heavy atom. The number of amides is 2. The van der Waals surface area contributed by atoms with E-state index in [0.29, 0.717) is 45.1 Å². The van der Waals surface area contributed by atoms with E-state index in [1.54, 1.807) is 51.1 Å². The number of thioether (sulfide) groups is 1. The second kappa shape index (κ2) is 7.90. The number of aromatic hydroxyl groups is 2. The lowest BCUT2D eigenvalue weighted by Gasteiger charge is -2.35. The van der Waals surface area contributed by atoms with Crippen molar-refractivity contribution in [2.24, 2.45) is 0 Å². The first-order valence-corrected chi connectivity index (χ1v) is 10.7. The molecule has 3 N–H and O–H groups in total. The Morgan fingerprint density at radius 1 is 1.16 bits per heavy atom. The Labute approximate surface area is 188 Å². The van der Waals surface area contributed by atoms with Gasteiger partial charge in [0.1, 0.15) is 11.5 Å². The minimum atomic E-state index is -1.27. The molecule has 8 nitrogen and oxygen atoms in total. The van der Waals surface area contributed by atoms with Gasteiger partial charge in [-0.15, -0.1) is 0 Å². The van der Waals surface area contributed by atoms with Crippen LogP contribution in [-0.2, 0) is 16.0 Å². The standard InChI is InChI=1S/C23H21NO7S/c1-11-12(2)19-15(18(26)17(11)25)8-9-23(3,31-19)21(28)30-14-6-4-13(5-7-14)10-16-20(27)24-22(29)32-16/h4-7,10,25-26H,8-9H2,1-3H3,(H,24,27,29)/b16-10-/t23-/m0/s1. The van der Waals surface area contributed by atoms with Gasteiger partial charge in [0.25, 0.3) is 11.1 Å². The Balaban J connectivity index is 1.50. The van der Waals surface area contributed by atoms with Crippen molar-refractivity contribution in [3.8, 4) is 23.0 Å². The van der Waals surface area contributed by atoms with Crippen LogP contribution in [0.2, 0.25) is 0 Å². The van der Waals surface area contributed by atoms with Gasteiger partial charge in [-0.25, -0.2) is 4.79 Å². The number of hydrogen-bond donors (Lipinski definition) is 3. The zero-order valence-electron chi connectivity index (χ0n) is 17.6. The summed E-state index contributed by atoms with van der Waals surface area (Å²) in [6.07, 6.45) is 2.18. The van der Waals surface area contributed by atoms with E-state index in [-0.39, 0.29) is 17.9 Å². The molecule has 2 amide bonds. The van der Waals surface area contributed by atoms with Gasteiger partial charge in [0.2, 0.25) is 5.60 Å². The molecule has 4 rings (SSSR count). The van der Waals surface area contributed by atoms with Gasteiger partial charge in [0.05, 0.1) is 4.91 Å². The number of rotatable bonds is 3. The van der Waals surface area contributed by atoms with Crippen LogP contribution in [-0.4, -0.2) is 32.9 Å². The van der Waals surface area contributed by atoms with Crippen molar-refractivity contribution in [2.45, 2.75) is 39.2 Å². The third-order valence-electron chi connectivity index (χ3n) is 5.68. The van der Waals surface area contributed by atoms with E-state index in [4.69, 9.17) is 9.47 Å². The van der Waals surface area contributed by atoms with Crippen molar-refractivity contribution in [2.75, 3.05) is 0 Å². The monoisotopic (exact) mass is 455 g/mol. The fraction of sp³-hybridized carbons (Fsp3) is 0.261. The van der Waals surface area contributed by atoms with E-state index in [1.165, 1.54) is 0 Å². The normalized spacial score (nSPS) is 21.2. The lowest BCUT2D eigenvalue weighted by atomic mass is 9.89. The average molecular weight is 455 g/mol. The molecule has 2 aromatic rings. The van der Waals surface area contributed by atoms with Gasteiger partial charge in [-0.05, 0) is 68.3 Å². The van der Waals surface area contributed by atoms with E-state index in [1.807, 2.05) is 0 Å². The maximum absolute atomic E-state index is 12.9. The van der Waals surface area contributed by atoms with E-state index < -0.39 is 22.7 Å². The third-order valence-corrected chi connectivity index (χ3v) is 6.49. The van der Waals surface area contributed by atoms with Gasteiger partial charge in [0, 0.05) is 17.5 Å². The SMILES string of the molecule is Cc1c(C)c2c(c(O)c1O)CC[C@@](C)(C(=O)Oc1ccc(/C=C3\SC(=O)NC3=O)cc1)O2. The van der Waals surface area contributed by atoms with Crippen LogP contribution < -0.4 is 14.8 Å². The summed E-state index contributed by atoms with van der Waals surface area (Å²) in [5.41, 5.74) is 1.01. The first-order valence-electron chi connectivity index (χ1n) is 9.89. The molecule has 2 aromatic carbocycles. The highest BCUT2D eigenvalue weighted by Crippen LogP contribution is 2.47. The molecular weight excluding hydrogens is 434 g/mol. The van der Waals surface area contributed by atoms with Crippen LogP contribution in [0, 0.1) is 13.8 Å². The molecule has 0 aliphatic carbocycles. The minimum Gasteiger partial charge on any atom is -0.504 e. The second-order valence-electron chi connectivity index (χ2n) is 7.90. The van der Waals surface area contributed by atoms with Gasteiger partial charge in [-0.1, -0.05) is 12.1 Å². The van der Waals surface area contributed by atoms with Crippen molar-refractivity contribution in [1.82, 2.24) is 5.32 Å². The molecule has 0 radical (unpaired) electrons. The van der Waals surface area contributed by atoms with Crippen LogP contribution in [0.25, 0.3) is 6.08 Å². The minimum absolute atomic E-state index is 0.177. The van der Waals surface area contributed by atoms with E-state index >= 15 is 0 Å². The van der Waals surface area contributed by atoms with Crippen LogP contribution in [0.15, 0.2) is 29.2 Å². The molecule has 2 heterocycles. The Morgan fingerprint density at radius 3 is 2.47 bits per heavy atom. The summed E-state index contributed by atoms with van der Waals surface area (Å²) in [4.78, 5) is 36.1. The quantitative estimate of drug-likeness (QED) is 0.277. The summed E-state index contributed by atoms with van der Waals surface area (Å²) in [6, 6.07) is 6.51. The molecule has 0 spiro atoms. The summed E-state index contributed by atoms with van der Waals surface area (Å²) in [5, 5.41) is 22.1. The number of ether oxygens (including phenoxy) is 2. The van der Waals surface area contributed by atoms with E-state index in [9.17, 15) is 24.6 Å². The van der Waals surface area contributed by atoms with Crippen molar-refractivity contribution < 1.29 is 34.1 Å². The molecule has 0 unspecified atom stereocenters. The molecule has 9 heteroatoms. The van der Waals surface area contributed by atoms with Crippen molar-refractivity contribution in [3.05, 3.63) is 51.4 Å². The number of carbonyl (C=O) groups is 3. The zero-order valence-corrected chi connectivity index (χ0v) is 18.5. The molecule has 166 valence electrons. The number of benzene rings is 2. The summed E-state index contributed by atoms with van der Waals surface area (Å²) in [6.45, 7) is 5.05. The molecule has 0 saturated carbocycles. The van der Waals surface area contributed by atoms with Crippen LogP contribution >= 0.6 is 11.8 Å². The molecular formula is C23H21NO7S. The molecule has 1 fully saturated rings. The van der Waals surface area contributed by atoms with Crippen molar-refractivity contribution in [3.63, 3.8) is 0 Å². The van der Waals surface area contributed by atoms with Crippen LogP contribution in [0.1, 0.15) is 35.6 Å². The lowest BCUT2D eigenvalue weighted by Crippen LogP contribution is -2.47. The van der Waals surface area contributed by atoms with Gasteiger partial charge in [-0.2, -0.15) is 0 Å². The lowest BCUT2D eigenvalue weighted by molar-refractivity contribution is -0.152. The molecule has 1 saturated heterocycles. The fourth-order valence-electron chi connectivity index (χ4n) is 3.58. The maximum atomic E-state index is 12.9. The smallest absolute Gasteiger partial charge is 0.355 e. The van der Waals surface area contributed by atoms with E-state index in [2.05, 4.69) is 5.32 Å². The molecule has 2 aliphatic heterocycles. The number of fused-ring (bicyclic) bond motifs is 1. The highest BCUT2D eigenvalue weighted by atomic mass is 32.2. The Hall–Kier alpha value is -3.46. The van der Waals surface area contributed by atoms with Crippen LogP contribution in [0.5, 0.6) is 23.0 Å². The van der Waals surface area contributed by atoms with Gasteiger partial charge in [0.15, 0.2) is 11.5 Å². The summed E-state index contributed by atoms with van der Waals surface area (Å²) in [7, 11) is 0. The summed E-state index contributed by atoms with van der Waals surface area (Å²) in [5.74, 6) is -0.748. The van der Waals surface area contributed by atoms with Crippen LogP contribution in [0.4, 0.5) is 4.79 Å². The van der Waals surface area contributed by atoms with Crippen LogP contribution in [0.3, 0.4) is 0 Å². The van der Waals surface area contributed by atoms with Gasteiger partial charge >= 0.3 is 5.97 Å². The topological polar surface area (TPSA) is 122 Å². The number of hydrogen-bond acceptors (Lipinski definition) is 8. The van der Waals surface area contributed by atoms with Gasteiger partial charge < -0.3 is 19.7 Å². The predicted octanol–water partition coefficient (Wildman–Crippen LogP) is 3.73. The molecule has 0 bridgehead atoms. The summed E-state index contributed by atoms with van der Waals surface area (Å²) >= 11 is 0.826. The number of carbonyl (C=O) groups excluding carboxylic acids is 3. The largest absolute Gasteiger partial charge is 0.504 e. The Bertz CT molecular complexity index is 1190. The molecule has 32 heavy (non-hydrogen) atoms. The first-order chi connectivity index (χ1) is 15.1. The predicted molar refractivity (Wildman–Crippen MR) is 118 cm³/mol. The number of phenols is 2. The highest BCUT2D eigenvalue weighted by Gasteiger charge is 2.43. The maximum Gasteiger partial charge on any atom is 0.355 e. The summed E-state index contributed by atoms with van der Waals surface area (Å²) < 4.78 is 11.5. The second-order valence-corrected chi connectivity index (χ2v) is 8.91. The first kappa shape index (κ1) is 21.8. The van der Waals surface area contributed by atoms with Crippen molar-refractivity contribution >= 4 is 35.0 Å². The molecule has 2 aliphatic rings. The zero-order chi connectivity index (χ0) is 23.2. The highest BCUT2D eigenvalue weighted by molar-refractivity contribution is 8.18. The third kappa shape index (κ3) is 3.80. The van der Waals surface area contributed by atoms with E-state index in [0.717, 1.165) is 11.8 Å². The molecule has 1 atom stereocenters. The fourth-order valence-corrected chi connectivity index (χ4v) is 4.26. The number of nitrogens with one attached hydrogen (secondary N) is 1. The van der Waals surface area contributed by atoms with Crippen molar-refractivity contribution in [1.29, 1.82) is 0 Å². The Kier molecular flexibility index (Phi) is 5.37. The number of esters is 1. The number of imide groups is 1. The molecule has 0 aromatic heterocycles. The average Bonchev–Trinajstić information content (AvgIpc) is 3.08. The number of phenolic OH excluding ortho intramolecular Hbond substituents is 2.